The number of para-hydroxylation sites is 1. The van der Waals surface area contributed by atoms with Crippen LogP contribution in [0.4, 0.5) is 0 Å². The molecule has 1 aromatic carbocycles. The van der Waals surface area contributed by atoms with Crippen molar-refractivity contribution in [2.45, 2.75) is 0 Å². The Hall–Kier alpha value is -2.18. The molecule has 1 aromatic heterocycles. The van der Waals surface area contributed by atoms with Crippen molar-refractivity contribution >= 4 is 23.4 Å². The maximum atomic E-state index is 11.8. The third-order valence-corrected chi connectivity index (χ3v) is 3.71. The fourth-order valence-corrected chi connectivity index (χ4v) is 2.72. The molecule has 0 fully saturated rings. The number of aliphatic hydroxyl groups excluding tert-OH is 1. The molecule has 0 amide bonds. The Morgan fingerprint density at radius 2 is 2.25 bits per heavy atom. The van der Waals surface area contributed by atoms with Gasteiger partial charge in [0.15, 0.2) is 0 Å². The first-order valence-electron chi connectivity index (χ1n) is 6.01. The van der Waals surface area contributed by atoms with Gasteiger partial charge in [-0.25, -0.2) is 9.78 Å². The first-order chi connectivity index (χ1) is 9.79. The molecule has 0 saturated carbocycles. The number of esters is 1. The number of ether oxygens (including phenoxy) is 2. The predicted molar refractivity (Wildman–Crippen MR) is 74.6 cm³/mol. The molecule has 0 spiro atoms. The highest BCUT2D eigenvalue weighted by Crippen LogP contribution is 2.37. The van der Waals surface area contributed by atoms with Crippen LogP contribution in [0.5, 0.6) is 5.75 Å². The van der Waals surface area contributed by atoms with Crippen molar-refractivity contribution in [1.29, 1.82) is 0 Å². The summed E-state index contributed by atoms with van der Waals surface area (Å²) in [5, 5.41) is 8.94. The number of benzene rings is 1. The molecule has 102 valence electrons. The Balaban J connectivity index is 2.00. The molecule has 1 aliphatic heterocycles. The number of fused-ring (bicyclic) bond motifs is 3. The van der Waals surface area contributed by atoms with Crippen molar-refractivity contribution in [3.05, 3.63) is 40.4 Å². The van der Waals surface area contributed by atoms with Crippen LogP contribution in [0.2, 0.25) is 0 Å². The first-order valence-corrected chi connectivity index (χ1v) is 6.82. The molecule has 6 heteroatoms. The summed E-state index contributed by atoms with van der Waals surface area (Å²) in [5.74, 6) is 0.173. The minimum absolute atomic E-state index is 0.0291. The van der Waals surface area contributed by atoms with Gasteiger partial charge in [0.05, 0.1) is 23.4 Å². The van der Waals surface area contributed by atoms with Crippen LogP contribution in [0.1, 0.15) is 14.7 Å². The summed E-state index contributed by atoms with van der Waals surface area (Å²) >= 11 is 1.24. The minimum atomic E-state index is -0.524. The number of carbonyl (C=O) groups excluding carboxylic acids is 1. The monoisotopic (exact) mass is 289 g/mol. The van der Waals surface area contributed by atoms with Crippen LogP contribution in [-0.4, -0.2) is 29.3 Å². The number of rotatable bonds is 3. The summed E-state index contributed by atoms with van der Waals surface area (Å²) < 4.78 is 10.4. The Morgan fingerprint density at radius 1 is 1.40 bits per heavy atom. The standard InChI is InChI=1S/C14H11NO4S/c16-6-8-19-14(17)13-15-12-9-3-1-2-4-10(9)18-7-5-11(12)20-13/h1-5,7,16H,6,8H2. The zero-order valence-corrected chi connectivity index (χ0v) is 11.2. The van der Waals surface area contributed by atoms with E-state index in [0.717, 1.165) is 10.4 Å². The van der Waals surface area contributed by atoms with Gasteiger partial charge in [-0.2, -0.15) is 0 Å². The van der Waals surface area contributed by atoms with Gasteiger partial charge < -0.3 is 14.6 Å². The van der Waals surface area contributed by atoms with Crippen LogP contribution in [0, 0.1) is 0 Å². The molecular formula is C14H11NO4S. The fourth-order valence-electron chi connectivity index (χ4n) is 1.86. The highest BCUT2D eigenvalue weighted by Gasteiger charge is 2.21. The third kappa shape index (κ3) is 2.31. The summed E-state index contributed by atoms with van der Waals surface area (Å²) in [5.41, 5.74) is 1.54. The molecule has 1 N–H and O–H groups in total. The van der Waals surface area contributed by atoms with E-state index in [9.17, 15) is 4.79 Å². The average Bonchev–Trinajstić information content (AvgIpc) is 2.82. The molecule has 0 aliphatic carbocycles. The van der Waals surface area contributed by atoms with E-state index < -0.39 is 5.97 Å². The maximum Gasteiger partial charge on any atom is 0.367 e. The topological polar surface area (TPSA) is 68.7 Å². The zero-order chi connectivity index (χ0) is 13.9. The van der Waals surface area contributed by atoms with Crippen molar-refractivity contribution in [3.8, 4) is 17.0 Å². The van der Waals surface area contributed by atoms with E-state index >= 15 is 0 Å². The molecule has 0 radical (unpaired) electrons. The second-order valence-corrected chi connectivity index (χ2v) is 5.04. The first kappa shape index (κ1) is 12.8. The van der Waals surface area contributed by atoms with Gasteiger partial charge >= 0.3 is 5.97 Å². The van der Waals surface area contributed by atoms with Crippen LogP contribution in [0.25, 0.3) is 17.3 Å². The van der Waals surface area contributed by atoms with Crippen molar-refractivity contribution < 1.29 is 19.4 Å². The maximum absolute atomic E-state index is 11.8. The normalized spacial score (nSPS) is 12.1. The van der Waals surface area contributed by atoms with Crippen LogP contribution >= 0.6 is 11.3 Å². The molecule has 0 unspecified atom stereocenters. The molecule has 1 aliphatic rings. The van der Waals surface area contributed by atoms with Gasteiger partial charge in [0.2, 0.25) is 5.01 Å². The van der Waals surface area contributed by atoms with Crippen LogP contribution in [0.15, 0.2) is 30.5 Å². The summed E-state index contributed by atoms with van der Waals surface area (Å²) in [6.45, 7) is -0.230. The number of carbonyl (C=O) groups is 1. The third-order valence-electron chi connectivity index (χ3n) is 2.71. The highest BCUT2D eigenvalue weighted by molar-refractivity contribution is 7.14. The highest BCUT2D eigenvalue weighted by atomic mass is 32.1. The smallest absolute Gasteiger partial charge is 0.367 e. The van der Waals surface area contributed by atoms with Gasteiger partial charge in [-0.1, -0.05) is 12.1 Å². The second-order valence-electron chi connectivity index (χ2n) is 4.01. The number of hydrogen-bond acceptors (Lipinski definition) is 6. The average molecular weight is 289 g/mol. The van der Waals surface area contributed by atoms with Crippen LogP contribution in [-0.2, 0) is 4.74 Å². The van der Waals surface area contributed by atoms with Crippen LogP contribution in [0.3, 0.4) is 0 Å². The predicted octanol–water partition coefficient (Wildman–Crippen LogP) is 2.32. The van der Waals surface area contributed by atoms with E-state index in [-0.39, 0.29) is 18.2 Å². The Kier molecular flexibility index (Phi) is 3.49. The molecule has 0 atom stereocenters. The van der Waals surface area contributed by atoms with Gasteiger partial charge in [0.25, 0.3) is 0 Å². The van der Waals surface area contributed by atoms with Crippen molar-refractivity contribution in [3.63, 3.8) is 0 Å². The SMILES string of the molecule is O=C(OCCO)c1nc2c(s1)C=COc1ccccc1-2. The molecule has 2 heterocycles. The van der Waals surface area contributed by atoms with E-state index in [4.69, 9.17) is 14.6 Å². The molecule has 0 bridgehead atoms. The van der Waals surface area contributed by atoms with Crippen LogP contribution < -0.4 is 4.74 Å². The van der Waals surface area contributed by atoms with E-state index in [2.05, 4.69) is 4.98 Å². The van der Waals surface area contributed by atoms with E-state index in [1.54, 1.807) is 12.3 Å². The minimum Gasteiger partial charge on any atom is -0.464 e. The number of thiazole rings is 1. The summed E-state index contributed by atoms with van der Waals surface area (Å²) in [4.78, 5) is 17.0. The zero-order valence-electron chi connectivity index (χ0n) is 10.4. The number of aromatic nitrogens is 1. The number of aliphatic hydroxyl groups is 1. The lowest BCUT2D eigenvalue weighted by atomic mass is 10.1. The lowest BCUT2D eigenvalue weighted by Gasteiger charge is -2.03. The molecule has 3 rings (SSSR count). The summed E-state index contributed by atoms with van der Waals surface area (Å²) in [6, 6.07) is 7.50. The Labute approximate surface area is 119 Å². The number of hydrogen-bond donors (Lipinski definition) is 1. The lowest BCUT2D eigenvalue weighted by molar-refractivity contribution is 0.0433. The second kappa shape index (κ2) is 5.44. The lowest BCUT2D eigenvalue weighted by Crippen LogP contribution is -2.08. The van der Waals surface area contributed by atoms with E-state index in [0.29, 0.717) is 11.4 Å². The summed E-state index contributed by atoms with van der Waals surface area (Å²) in [7, 11) is 0. The van der Waals surface area contributed by atoms with E-state index in [1.807, 2.05) is 24.3 Å². The van der Waals surface area contributed by atoms with Crippen molar-refractivity contribution in [2.24, 2.45) is 0 Å². The molecule has 20 heavy (non-hydrogen) atoms. The quantitative estimate of drug-likeness (QED) is 0.878. The molecule has 2 aromatic rings. The Bertz CT molecular complexity index is 678. The largest absolute Gasteiger partial charge is 0.464 e. The molecular weight excluding hydrogens is 278 g/mol. The van der Waals surface area contributed by atoms with Gasteiger partial charge in [-0.05, 0) is 18.2 Å². The van der Waals surface area contributed by atoms with Gasteiger partial charge in [-0.15, -0.1) is 11.3 Å². The van der Waals surface area contributed by atoms with Gasteiger partial charge in [-0.3, -0.25) is 0 Å². The Morgan fingerprint density at radius 3 is 3.10 bits per heavy atom. The molecule has 5 nitrogen and oxygen atoms in total. The number of nitrogens with zero attached hydrogens (tertiary/aromatic N) is 1. The van der Waals surface area contributed by atoms with E-state index in [1.165, 1.54) is 11.3 Å². The van der Waals surface area contributed by atoms with Crippen molar-refractivity contribution in [1.82, 2.24) is 4.98 Å². The fraction of sp³-hybridized carbons (Fsp3) is 0.143. The summed E-state index contributed by atoms with van der Waals surface area (Å²) in [6.07, 6.45) is 3.35. The molecule has 0 saturated heterocycles. The van der Waals surface area contributed by atoms with Gasteiger partial charge in [0.1, 0.15) is 12.4 Å². The van der Waals surface area contributed by atoms with Gasteiger partial charge in [0, 0.05) is 5.56 Å². The van der Waals surface area contributed by atoms with Crippen molar-refractivity contribution in [2.75, 3.05) is 13.2 Å².